The minimum Gasteiger partial charge on any atom is -0.481 e. The van der Waals surface area contributed by atoms with Gasteiger partial charge in [-0.1, -0.05) is 65.7 Å². The number of methoxy groups -OCH3 is 2. The molecule has 1 amide bonds. The number of halogens is 2. The number of ether oxygens (including phenoxy) is 2. The number of hydrogen-bond donors (Lipinski definition) is 3. The third kappa shape index (κ3) is 6.45. The summed E-state index contributed by atoms with van der Waals surface area (Å²) in [4.78, 5) is 30.1. The minimum absolute atomic E-state index is 0.1000. The number of carbonyl (C=O) groups is 1. The van der Waals surface area contributed by atoms with E-state index in [-0.39, 0.29) is 18.0 Å². The van der Waals surface area contributed by atoms with Gasteiger partial charge in [0.1, 0.15) is 0 Å². The highest BCUT2D eigenvalue weighted by Crippen LogP contribution is 2.42. The summed E-state index contributed by atoms with van der Waals surface area (Å²) < 4.78 is 11.2. The van der Waals surface area contributed by atoms with E-state index in [9.17, 15) is 4.79 Å². The molecular weight excluding hydrogens is 613 g/mol. The Morgan fingerprint density at radius 2 is 1.56 bits per heavy atom. The summed E-state index contributed by atoms with van der Waals surface area (Å²) in [5.74, 6) is 1.62. The SMILES string of the molecule is COc1nc(-c2cccc(-c3cccc(-c4cnc(C5=NC[C@@H](C)N5)c(OC)n4)c3Cl)c2Cl)ccc1CNC[C@@H]1CCC(=O)N1. The Hall–Kier alpha value is -4.25. The molecule has 4 aromatic rings. The van der Waals surface area contributed by atoms with Gasteiger partial charge in [0.15, 0.2) is 11.5 Å². The van der Waals surface area contributed by atoms with E-state index in [2.05, 4.69) is 32.9 Å². The highest BCUT2D eigenvalue weighted by Gasteiger charge is 2.23. The summed E-state index contributed by atoms with van der Waals surface area (Å²) in [6.07, 6.45) is 3.08. The van der Waals surface area contributed by atoms with Gasteiger partial charge in [0.05, 0.1) is 48.4 Å². The highest BCUT2D eigenvalue weighted by molar-refractivity contribution is 6.39. The van der Waals surface area contributed by atoms with Gasteiger partial charge in [-0.05, 0) is 19.4 Å². The van der Waals surface area contributed by atoms with E-state index in [4.69, 9.17) is 42.6 Å². The number of rotatable bonds is 10. The Balaban J connectivity index is 1.27. The van der Waals surface area contributed by atoms with Crippen molar-refractivity contribution >= 4 is 34.9 Å². The number of nitrogens with one attached hydrogen (secondary N) is 3. The second kappa shape index (κ2) is 13.4. The Labute approximate surface area is 271 Å². The molecule has 0 aliphatic carbocycles. The summed E-state index contributed by atoms with van der Waals surface area (Å²) in [6, 6.07) is 15.7. The fourth-order valence-corrected chi connectivity index (χ4v) is 6.17. The second-order valence-electron chi connectivity index (χ2n) is 11.0. The topological polar surface area (TPSA) is 123 Å². The first-order chi connectivity index (χ1) is 21.9. The van der Waals surface area contributed by atoms with Crippen molar-refractivity contribution in [3.8, 4) is 45.4 Å². The molecule has 2 atom stereocenters. The number of nitrogens with zero attached hydrogens (tertiary/aromatic N) is 4. The largest absolute Gasteiger partial charge is 0.481 e. The number of benzene rings is 2. The van der Waals surface area contributed by atoms with E-state index in [0.29, 0.717) is 76.3 Å². The summed E-state index contributed by atoms with van der Waals surface area (Å²) in [5, 5.41) is 10.6. The van der Waals surface area contributed by atoms with Gasteiger partial charge in [-0.25, -0.2) is 15.0 Å². The molecule has 45 heavy (non-hydrogen) atoms. The fourth-order valence-electron chi connectivity index (χ4n) is 5.52. The first-order valence-electron chi connectivity index (χ1n) is 14.7. The zero-order chi connectivity index (χ0) is 31.5. The third-order valence-electron chi connectivity index (χ3n) is 7.83. The van der Waals surface area contributed by atoms with Crippen molar-refractivity contribution in [2.75, 3.05) is 27.3 Å². The molecule has 10 nitrogen and oxygen atoms in total. The molecule has 1 fully saturated rings. The Bertz CT molecular complexity index is 1780. The van der Waals surface area contributed by atoms with Crippen LogP contribution in [0.3, 0.4) is 0 Å². The van der Waals surface area contributed by atoms with E-state index in [1.54, 1.807) is 20.4 Å². The van der Waals surface area contributed by atoms with E-state index in [0.717, 1.165) is 28.7 Å². The zero-order valence-electron chi connectivity index (χ0n) is 25.2. The molecule has 0 radical (unpaired) electrons. The first-order valence-corrected chi connectivity index (χ1v) is 15.5. The van der Waals surface area contributed by atoms with Gasteiger partial charge >= 0.3 is 0 Å². The monoisotopic (exact) mass is 645 g/mol. The van der Waals surface area contributed by atoms with Crippen LogP contribution in [0.5, 0.6) is 11.8 Å². The molecule has 12 heteroatoms. The average molecular weight is 647 g/mol. The predicted octanol–water partition coefficient (Wildman–Crippen LogP) is 5.30. The summed E-state index contributed by atoms with van der Waals surface area (Å²) in [7, 11) is 3.15. The number of hydrogen-bond acceptors (Lipinski definition) is 9. The molecule has 0 bridgehead atoms. The van der Waals surface area contributed by atoms with Gasteiger partial charge in [-0.15, -0.1) is 0 Å². The minimum atomic E-state index is 0.1000. The molecule has 2 aliphatic rings. The lowest BCUT2D eigenvalue weighted by Crippen LogP contribution is -2.35. The molecule has 232 valence electrons. The van der Waals surface area contributed by atoms with Crippen molar-refractivity contribution in [3.05, 3.63) is 76.0 Å². The van der Waals surface area contributed by atoms with Crippen LogP contribution in [-0.4, -0.2) is 66.1 Å². The maximum Gasteiger partial charge on any atom is 0.244 e. The van der Waals surface area contributed by atoms with Crippen LogP contribution < -0.4 is 25.4 Å². The molecular formula is C33H33Cl2N7O3. The van der Waals surface area contributed by atoms with Crippen LogP contribution in [0.2, 0.25) is 10.0 Å². The Morgan fingerprint density at radius 1 is 0.889 bits per heavy atom. The molecule has 2 aliphatic heterocycles. The van der Waals surface area contributed by atoms with E-state index < -0.39 is 0 Å². The van der Waals surface area contributed by atoms with Crippen molar-refractivity contribution in [1.29, 1.82) is 0 Å². The maximum atomic E-state index is 11.5. The number of amides is 1. The average Bonchev–Trinajstić information content (AvgIpc) is 3.68. The molecule has 2 aromatic carbocycles. The van der Waals surface area contributed by atoms with Crippen LogP contribution in [0.4, 0.5) is 0 Å². The number of aromatic nitrogens is 3. The second-order valence-corrected chi connectivity index (χ2v) is 11.7. The van der Waals surface area contributed by atoms with Crippen LogP contribution in [0.1, 0.15) is 31.0 Å². The molecule has 1 saturated heterocycles. The summed E-state index contributed by atoms with van der Waals surface area (Å²) in [5.41, 5.74) is 5.62. The first kappa shape index (κ1) is 30.8. The number of aliphatic imine (C=N–C) groups is 1. The van der Waals surface area contributed by atoms with Crippen molar-refractivity contribution in [2.45, 2.75) is 38.4 Å². The maximum absolute atomic E-state index is 11.5. The summed E-state index contributed by atoms with van der Waals surface area (Å²) >= 11 is 14.1. The molecule has 0 unspecified atom stereocenters. The molecule has 4 heterocycles. The van der Waals surface area contributed by atoms with Crippen LogP contribution >= 0.6 is 23.2 Å². The van der Waals surface area contributed by atoms with Gasteiger partial charge < -0.3 is 25.4 Å². The standard InChI is InChI=1S/C33H33Cl2N7O3/c1-18-14-38-31(39-18)30-33(45-3)42-26(17-37-30)24-9-5-7-22(29(24)35)21-6-4-8-23(28(21)34)25-12-10-19(32(41-25)44-2)15-36-16-20-11-13-27(43)40-20/h4-10,12,17-18,20,36H,11,13-16H2,1-3H3,(H,38,39)(H,40,43)/t18-,20+/m1/s1. The molecule has 0 saturated carbocycles. The fraction of sp³-hybridized carbons (Fsp3) is 0.303. The van der Waals surface area contributed by atoms with Crippen molar-refractivity contribution in [2.24, 2.45) is 4.99 Å². The molecule has 6 rings (SSSR count). The summed E-state index contributed by atoms with van der Waals surface area (Å²) in [6.45, 7) is 3.95. The lowest BCUT2D eigenvalue weighted by atomic mass is 9.98. The van der Waals surface area contributed by atoms with Gasteiger partial charge in [0.2, 0.25) is 17.7 Å². The van der Waals surface area contributed by atoms with Crippen LogP contribution in [-0.2, 0) is 11.3 Å². The van der Waals surface area contributed by atoms with Gasteiger partial charge in [0, 0.05) is 59.4 Å². The van der Waals surface area contributed by atoms with Gasteiger partial charge in [-0.2, -0.15) is 0 Å². The van der Waals surface area contributed by atoms with Gasteiger partial charge in [-0.3, -0.25) is 9.79 Å². The smallest absolute Gasteiger partial charge is 0.244 e. The lowest BCUT2D eigenvalue weighted by molar-refractivity contribution is -0.119. The van der Waals surface area contributed by atoms with Crippen LogP contribution in [0, 0.1) is 0 Å². The quantitative estimate of drug-likeness (QED) is 0.212. The predicted molar refractivity (Wildman–Crippen MR) is 176 cm³/mol. The Morgan fingerprint density at radius 3 is 2.18 bits per heavy atom. The third-order valence-corrected chi connectivity index (χ3v) is 8.64. The normalized spacial score (nSPS) is 17.5. The molecule has 0 spiro atoms. The molecule has 3 N–H and O–H groups in total. The van der Waals surface area contributed by atoms with E-state index in [1.807, 2.05) is 48.5 Å². The Kier molecular flexibility index (Phi) is 9.16. The zero-order valence-corrected chi connectivity index (χ0v) is 26.7. The van der Waals surface area contributed by atoms with E-state index >= 15 is 0 Å². The number of pyridine rings is 1. The van der Waals surface area contributed by atoms with Crippen LogP contribution in [0.25, 0.3) is 33.6 Å². The lowest BCUT2D eigenvalue weighted by Gasteiger charge is -2.16. The highest BCUT2D eigenvalue weighted by atomic mass is 35.5. The van der Waals surface area contributed by atoms with Crippen molar-refractivity contribution < 1.29 is 14.3 Å². The van der Waals surface area contributed by atoms with Crippen LogP contribution in [0.15, 0.2) is 59.7 Å². The van der Waals surface area contributed by atoms with Crippen molar-refractivity contribution in [3.63, 3.8) is 0 Å². The number of amidine groups is 1. The van der Waals surface area contributed by atoms with Crippen molar-refractivity contribution in [1.82, 2.24) is 30.9 Å². The molecule has 2 aromatic heterocycles. The van der Waals surface area contributed by atoms with Gasteiger partial charge in [0.25, 0.3) is 0 Å². The number of carbonyl (C=O) groups excluding carboxylic acids is 1. The van der Waals surface area contributed by atoms with E-state index in [1.165, 1.54) is 0 Å².